The Morgan fingerprint density at radius 1 is 0.761 bits per heavy atom. The Morgan fingerprint density at radius 3 is 1.70 bits per heavy atom. The summed E-state index contributed by atoms with van der Waals surface area (Å²) in [5, 5.41) is 2.42. The molecule has 5 amide bonds. The van der Waals surface area contributed by atoms with Crippen molar-refractivity contribution < 1.29 is 36.7 Å². The molecule has 2 heterocycles. The molecule has 2 aliphatic heterocycles. The number of hydrogen-bond donors (Lipinski definition) is 1. The number of urea groups is 2. The minimum atomic E-state index is -4.49. The molecule has 2 unspecified atom stereocenters. The summed E-state index contributed by atoms with van der Waals surface area (Å²) in [6, 6.07) is -2.57. The number of unbranched alkanes of at least 4 members (excludes halogenated alkanes) is 18. The first kappa shape index (κ1) is 40.1. The molecule has 0 aromatic heterocycles. The van der Waals surface area contributed by atoms with Gasteiger partial charge in [-0.3, -0.25) is 4.79 Å². The van der Waals surface area contributed by atoms with E-state index < -0.39 is 59.1 Å². The molecule has 0 radical (unpaired) electrons. The van der Waals surface area contributed by atoms with Crippen LogP contribution in [0.5, 0.6) is 0 Å². The van der Waals surface area contributed by atoms with Crippen molar-refractivity contribution in [3.8, 4) is 0 Å². The van der Waals surface area contributed by atoms with Gasteiger partial charge in [0.25, 0.3) is 5.91 Å². The first-order chi connectivity index (χ1) is 22.0. The number of aliphatic imine (C=N–C) groups is 1. The minimum Gasteiger partial charge on any atom is -0.378 e. The van der Waals surface area contributed by atoms with Gasteiger partial charge in [0, 0.05) is 13.0 Å². The average molecular weight is 689 g/mol. The predicted octanol–water partition coefficient (Wildman–Crippen LogP) is 8.17. The fourth-order valence-electron chi connectivity index (χ4n) is 6.21. The molecule has 14 heteroatoms. The van der Waals surface area contributed by atoms with E-state index in [2.05, 4.69) is 24.2 Å². The number of ether oxygens (including phenoxy) is 1. The van der Waals surface area contributed by atoms with Crippen LogP contribution in [0, 0.1) is 0 Å². The van der Waals surface area contributed by atoms with Crippen molar-refractivity contribution in [2.24, 2.45) is 4.99 Å². The molecule has 1 saturated heterocycles. The maximum absolute atomic E-state index is 13.7. The molecule has 1 N–H and O–H groups in total. The van der Waals surface area contributed by atoms with Gasteiger partial charge in [-0.15, -0.1) is 4.67 Å². The van der Waals surface area contributed by atoms with E-state index in [0.717, 1.165) is 51.4 Å². The summed E-state index contributed by atoms with van der Waals surface area (Å²) in [5.41, 5.74) is -2.81. The van der Waals surface area contributed by atoms with Crippen molar-refractivity contribution in [1.29, 1.82) is 0 Å². The molecule has 0 aliphatic carbocycles. The van der Waals surface area contributed by atoms with E-state index in [1.807, 2.05) is 0 Å². The van der Waals surface area contributed by atoms with Crippen molar-refractivity contribution in [2.75, 3.05) is 12.4 Å². The maximum Gasteiger partial charge on any atom is 0.438 e. The third kappa shape index (κ3) is 12.2. The molecule has 0 spiro atoms. The lowest BCUT2D eigenvalue weighted by atomic mass is 9.95. The summed E-state index contributed by atoms with van der Waals surface area (Å²) in [6.07, 6.45) is 20.2. The first-order valence-electron chi connectivity index (χ1n) is 17.6. The molecule has 0 saturated carbocycles. The van der Waals surface area contributed by atoms with Crippen LogP contribution in [0.15, 0.2) is 4.99 Å². The number of carbonyl (C=O) groups excluding carboxylic acids is 3. The van der Waals surface area contributed by atoms with Crippen molar-refractivity contribution >= 4 is 41.5 Å². The highest BCUT2D eigenvalue weighted by Crippen LogP contribution is 2.38. The zero-order chi connectivity index (χ0) is 34.0. The molecule has 46 heavy (non-hydrogen) atoms. The number of rotatable bonds is 27. The number of nitrogens with one attached hydrogen (secondary N) is 1. The van der Waals surface area contributed by atoms with Gasteiger partial charge in [-0.2, -0.15) is 9.30 Å². The minimum absolute atomic E-state index is 0.154. The smallest absolute Gasteiger partial charge is 0.378 e. The normalized spacial score (nSPS) is 18.9. The molecule has 0 bridgehead atoms. The SMILES string of the molecule is CCCCCCCCCCCCCS(=O)(=O)N1C(=O)N(P(=O)=O)C(=O)C2=NC(=O)NC21CC(C)OCCCCCCCCCCC. The molecule has 0 aromatic rings. The van der Waals surface area contributed by atoms with Crippen LogP contribution < -0.4 is 5.32 Å². The summed E-state index contributed by atoms with van der Waals surface area (Å²) in [7, 11) is -8.31. The molecule has 0 aromatic carbocycles. The van der Waals surface area contributed by atoms with E-state index in [1.165, 1.54) is 64.2 Å². The topological polar surface area (TPSA) is 160 Å². The van der Waals surface area contributed by atoms with Crippen molar-refractivity contribution in [3.63, 3.8) is 0 Å². The number of nitrogens with zero attached hydrogens (tertiary/aromatic N) is 3. The van der Waals surface area contributed by atoms with E-state index in [9.17, 15) is 31.9 Å². The predicted molar refractivity (Wildman–Crippen MR) is 179 cm³/mol. The number of carbonyl (C=O) groups is 3. The van der Waals surface area contributed by atoms with Gasteiger partial charge in [0.15, 0.2) is 11.4 Å². The highest BCUT2D eigenvalue weighted by atomic mass is 32.2. The lowest BCUT2D eigenvalue weighted by Crippen LogP contribution is -2.74. The van der Waals surface area contributed by atoms with Gasteiger partial charge < -0.3 is 10.1 Å². The van der Waals surface area contributed by atoms with E-state index in [4.69, 9.17) is 4.74 Å². The Hall–Kier alpha value is -2.11. The van der Waals surface area contributed by atoms with Crippen molar-refractivity contribution in [2.45, 2.75) is 167 Å². The van der Waals surface area contributed by atoms with Gasteiger partial charge in [-0.25, -0.2) is 27.1 Å². The second kappa shape index (κ2) is 21.0. The summed E-state index contributed by atoms with van der Waals surface area (Å²) in [5.74, 6) is -1.79. The van der Waals surface area contributed by atoms with Crippen LogP contribution in [0.1, 0.15) is 156 Å². The van der Waals surface area contributed by atoms with Gasteiger partial charge in [0.2, 0.25) is 10.0 Å². The second-order valence-electron chi connectivity index (χ2n) is 12.7. The summed E-state index contributed by atoms with van der Waals surface area (Å²) in [4.78, 5) is 42.7. The maximum atomic E-state index is 13.7. The third-order valence-corrected chi connectivity index (χ3v) is 11.2. The summed E-state index contributed by atoms with van der Waals surface area (Å²) >= 11 is 0. The number of fused-ring (bicyclic) bond motifs is 1. The Morgan fingerprint density at radius 2 is 1.22 bits per heavy atom. The molecule has 264 valence electrons. The Labute approximate surface area is 276 Å². The van der Waals surface area contributed by atoms with Crippen LogP contribution in [0.2, 0.25) is 0 Å². The Kier molecular flexibility index (Phi) is 18.3. The number of sulfonamides is 1. The second-order valence-corrected chi connectivity index (χ2v) is 15.5. The number of imide groups is 1. The molecular weight excluding hydrogens is 631 g/mol. The van der Waals surface area contributed by atoms with Crippen LogP contribution in [-0.4, -0.2) is 65.2 Å². The van der Waals surface area contributed by atoms with Gasteiger partial charge in [0.05, 0.1) is 11.9 Å². The molecule has 2 atom stereocenters. The molecule has 1 fully saturated rings. The van der Waals surface area contributed by atoms with Gasteiger partial charge in [0.1, 0.15) is 0 Å². The average Bonchev–Trinajstić information content (AvgIpc) is 3.32. The zero-order valence-corrected chi connectivity index (χ0v) is 30.0. The third-order valence-electron chi connectivity index (χ3n) is 8.70. The van der Waals surface area contributed by atoms with Crippen LogP contribution in [0.4, 0.5) is 9.59 Å². The monoisotopic (exact) mass is 688 g/mol. The zero-order valence-electron chi connectivity index (χ0n) is 28.3. The van der Waals surface area contributed by atoms with Gasteiger partial charge in [-0.1, -0.05) is 129 Å². The molecule has 12 nitrogen and oxygen atoms in total. The Bertz CT molecular complexity index is 1180. The number of amides is 5. The fourth-order valence-corrected chi connectivity index (χ4v) is 8.49. The van der Waals surface area contributed by atoms with E-state index >= 15 is 0 Å². The molecule has 2 aliphatic rings. The highest BCUT2D eigenvalue weighted by molar-refractivity contribution is 7.89. The molecule has 2 rings (SSSR count). The molecular formula is C32H57N4O8PS. The summed E-state index contributed by atoms with van der Waals surface area (Å²) in [6.45, 7) is 6.42. The van der Waals surface area contributed by atoms with Crippen molar-refractivity contribution in [1.82, 2.24) is 14.3 Å². The lowest BCUT2D eigenvalue weighted by Gasteiger charge is -2.44. The number of hydrogen-bond acceptors (Lipinski definition) is 8. The standard InChI is InChI=1S/C32H57N4O8PS/c1-4-6-8-10-12-14-15-17-19-21-23-25-46(42,43)36-31(39)35(45(40)41)29(37)28-32(36,34-30(38)33-28)26-27(3)44-24-22-20-18-16-13-11-9-7-5-2/h27H,4-26H2,1-3H3,(H,34,38). The first-order valence-corrected chi connectivity index (χ1v) is 20.3. The Balaban J connectivity index is 2.02. The quantitative estimate of drug-likeness (QED) is 0.0668. The van der Waals surface area contributed by atoms with E-state index in [-0.39, 0.29) is 17.5 Å². The van der Waals surface area contributed by atoms with Crippen molar-refractivity contribution in [3.05, 3.63) is 0 Å². The van der Waals surface area contributed by atoms with Gasteiger partial charge >= 0.3 is 19.9 Å². The van der Waals surface area contributed by atoms with E-state index in [1.54, 1.807) is 6.92 Å². The lowest BCUT2D eigenvalue weighted by molar-refractivity contribution is -0.120. The van der Waals surface area contributed by atoms with Crippen LogP contribution in [-0.2, 0) is 28.7 Å². The van der Waals surface area contributed by atoms with E-state index in [0.29, 0.717) is 17.3 Å². The van der Waals surface area contributed by atoms with Crippen LogP contribution >= 0.6 is 7.83 Å². The highest BCUT2D eigenvalue weighted by Gasteiger charge is 2.64. The fraction of sp³-hybridized carbons (Fsp3) is 0.875. The van der Waals surface area contributed by atoms with Gasteiger partial charge in [-0.05, 0) is 19.8 Å². The van der Waals surface area contributed by atoms with Crippen LogP contribution in [0.25, 0.3) is 0 Å². The largest absolute Gasteiger partial charge is 0.438 e. The van der Waals surface area contributed by atoms with Crippen LogP contribution in [0.3, 0.4) is 0 Å². The summed E-state index contributed by atoms with van der Waals surface area (Å²) < 4.78 is 57.5.